The predicted octanol–water partition coefficient (Wildman–Crippen LogP) is 3.95. The smallest absolute Gasteiger partial charge is 0.201 e. The lowest BCUT2D eigenvalue weighted by Gasteiger charge is -2.13. The summed E-state index contributed by atoms with van der Waals surface area (Å²) in [6, 6.07) is 6.12. The average Bonchev–Trinajstić information content (AvgIpc) is 2.05. The number of hydrogen-bond acceptors (Lipinski definition) is 0. The number of benzene rings is 1. The van der Waals surface area contributed by atoms with Crippen molar-refractivity contribution < 1.29 is 8.78 Å². The van der Waals surface area contributed by atoms with Gasteiger partial charge in [0.1, 0.15) is 0 Å². The lowest BCUT2D eigenvalue weighted by molar-refractivity contribution is -0.00829. The lowest BCUT2D eigenvalue weighted by atomic mass is 10.1. The molecule has 0 radical (unpaired) electrons. The van der Waals surface area contributed by atoms with Crippen LogP contribution < -0.4 is 0 Å². The molecule has 0 saturated heterocycles. The molecular formula is C9H9BrF2. The highest BCUT2D eigenvalue weighted by atomic mass is 79.9. The summed E-state index contributed by atoms with van der Waals surface area (Å²) < 4.78 is 26.8. The third-order valence-corrected chi connectivity index (χ3v) is 2.24. The van der Waals surface area contributed by atoms with E-state index in [1.54, 1.807) is 12.1 Å². The fourth-order valence-corrected chi connectivity index (χ4v) is 1.16. The van der Waals surface area contributed by atoms with Crippen LogP contribution in [-0.4, -0.2) is 0 Å². The third-order valence-electron chi connectivity index (χ3n) is 1.71. The molecule has 0 fully saturated rings. The van der Waals surface area contributed by atoms with Gasteiger partial charge in [0.15, 0.2) is 0 Å². The Bertz CT molecular complexity index is 254. The number of rotatable bonds is 2. The minimum atomic E-state index is -2.69. The van der Waals surface area contributed by atoms with Gasteiger partial charge in [-0.2, -0.15) is 0 Å². The van der Waals surface area contributed by atoms with Gasteiger partial charge in [-0.15, -0.1) is 0 Å². The molecule has 12 heavy (non-hydrogen) atoms. The van der Waals surface area contributed by atoms with Crippen molar-refractivity contribution in [2.75, 3.05) is 0 Å². The van der Waals surface area contributed by atoms with E-state index >= 15 is 0 Å². The minimum Gasteiger partial charge on any atom is -0.201 e. The van der Waals surface area contributed by atoms with Crippen LogP contribution in [0.1, 0.15) is 18.9 Å². The van der Waals surface area contributed by atoms with Gasteiger partial charge in [-0.3, -0.25) is 0 Å². The van der Waals surface area contributed by atoms with E-state index in [1.165, 1.54) is 19.1 Å². The molecule has 0 aromatic heterocycles. The molecule has 0 aliphatic rings. The maximum Gasteiger partial charge on any atom is 0.273 e. The van der Waals surface area contributed by atoms with Crippen molar-refractivity contribution in [3.63, 3.8) is 0 Å². The Morgan fingerprint density at radius 2 is 1.75 bits per heavy atom. The molecule has 0 aliphatic carbocycles. The van der Waals surface area contributed by atoms with Crippen LogP contribution in [0.2, 0.25) is 0 Å². The molecule has 1 rings (SSSR count). The Kier molecular flexibility index (Phi) is 2.83. The van der Waals surface area contributed by atoms with E-state index in [0.717, 1.165) is 4.47 Å². The van der Waals surface area contributed by atoms with Gasteiger partial charge in [-0.1, -0.05) is 35.0 Å². The molecule has 0 atom stereocenters. The molecule has 1 aromatic carbocycles. The van der Waals surface area contributed by atoms with E-state index in [-0.39, 0.29) is 12.0 Å². The molecular weight excluding hydrogens is 226 g/mol. The standard InChI is InChI=1S/C9H9BrF2/c1-2-9(11,12)7-3-5-8(10)6-4-7/h3-6H,2H2,1H3. The van der Waals surface area contributed by atoms with Crippen LogP contribution in [0.4, 0.5) is 8.78 Å². The Balaban J connectivity index is 2.96. The van der Waals surface area contributed by atoms with E-state index in [0.29, 0.717) is 0 Å². The fraction of sp³-hybridized carbons (Fsp3) is 0.333. The molecule has 0 aliphatic heterocycles. The van der Waals surface area contributed by atoms with Crippen molar-refractivity contribution in [1.29, 1.82) is 0 Å². The zero-order valence-corrected chi connectivity index (χ0v) is 8.24. The average molecular weight is 235 g/mol. The van der Waals surface area contributed by atoms with Crippen LogP contribution >= 0.6 is 15.9 Å². The molecule has 0 bridgehead atoms. The van der Waals surface area contributed by atoms with E-state index < -0.39 is 5.92 Å². The van der Waals surface area contributed by atoms with Gasteiger partial charge in [-0.05, 0) is 12.1 Å². The number of alkyl halides is 2. The van der Waals surface area contributed by atoms with Gasteiger partial charge in [0, 0.05) is 16.5 Å². The second kappa shape index (κ2) is 3.52. The maximum absolute atomic E-state index is 13.0. The summed E-state index contributed by atoms with van der Waals surface area (Å²) in [7, 11) is 0. The number of hydrogen-bond donors (Lipinski definition) is 0. The quantitative estimate of drug-likeness (QED) is 0.727. The molecule has 1 aromatic rings. The highest BCUT2D eigenvalue weighted by Crippen LogP contribution is 2.31. The summed E-state index contributed by atoms with van der Waals surface area (Å²) >= 11 is 3.19. The second-order valence-corrected chi connectivity index (χ2v) is 3.48. The van der Waals surface area contributed by atoms with Crippen LogP contribution in [-0.2, 0) is 5.92 Å². The van der Waals surface area contributed by atoms with Crippen LogP contribution in [0.3, 0.4) is 0 Å². The molecule has 0 N–H and O–H groups in total. The maximum atomic E-state index is 13.0. The molecule has 0 heterocycles. The SMILES string of the molecule is CCC(F)(F)c1ccc(Br)cc1. The Hall–Kier alpha value is -0.440. The first kappa shape index (κ1) is 9.65. The third kappa shape index (κ3) is 2.03. The fourth-order valence-electron chi connectivity index (χ4n) is 0.898. The van der Waals surface area contributed by atoms with Gasteiger partial charge < -0.3 is 0 Å². The van der Waals surface area contributed by atoms with E-state index in [9.17, 15) is 8.78 Å². The van der Waals surface area contributed by atoms with Crippen LogP contribution in [0.5, 0.6) is 0 Å². The Morgan fingerprint density at radius 3 is 2.17 bits per heavy atom. The van der Waals surface area contributed by atoms with Crippen molar-refractivity contribution in [2.24, 2.45) is 0 Å². The van der Waals surface area contributed by atoms with Gasteiger partial charge in [-0.25, -0.2) is 8.78 Å². The molecule has 0 saturated carbocycles. The summed E-state index contributed by atoms with van der Waals surface area (Å²) in [5.41, 5.74) is 0.0770. The molecule has 0 amide bonds. The van der Waals surface area contributed by atoms with E-state index in [1.807, 2.05) is 0 Å². The van der Waals surface area contributed by atoms with Crippen LogP contribution in [0, 0.1) is 0 Å². The first-order valence-corrected chi connectivity index (χ1v) is 4.49. The normalized spacial score (nSPS) is 11.7. The zero-order valence-electron chi connectivity index (χ0n) is 6.65. The van der Waals surface area contributed by atoms with Crippen LogP contribution in [0.15, 0.2) is 28.7 Å². The summed E-state index contributed by atoms with van der Waals surface area (Å²) in [4.78, 5) is 0. The molecule has 3 heteroatoms. The van der Waals surface area contributed by atoms with Crippen molar-refractivity contribution in [2.45, 2.75) is 19.3 Å². The minimum absolute atomic E-state index is 0.0770. The molecule has 0 nitrogen and oxygen atoms in total. The lowest BCUT2D eigenvalue weighted by Crippen LogP contribution is -2.10. The van der Waals surface area contributed by atoms with Gasteiger partial charge >= 0.3 is 0 Å². The predicted molar refractivity (Wildman–Crippen MR) is 48.3 cm³/mol. The van der Waals surface area contributed by atoms with Crippen molar-refractivity contribution in [3.8, 4) is 0 Å². The van der Waals surface area contributed by atoms with Gasteiger partial charge in [0.2, 0.25) is 0 Å². The van der Waals surface area contributed by atoms with Gasteiger partial charge in [0.25, 0.3) is 5.92 Å². The van der Waals surface area contributed by atoms with Gasteiger partial charge in [0.05, 0.1) is 0 Å². The summed E-state index contributed by atoms with van der Waals surface area (Å²) in [6.07, 6.45) is -0.158. The highest BCUT2D eigenvalue weighted by Gasteiger charge is 2.28. The van der Waals surface area contributed by atoms with E-state index in [2.05, 4.69) is 15.9 Å². The summed E-state index contributed by atoms with van der Waals surface area (Å²) in [6.45, 7) is 1.47. The van der Waals surface area contributed by atoms with Crippen molar-refractivity contribution >= 4 is 15.9 Å². The summed E-state index contributed by atoms with van der Waals surface area (Å²) in [5, 5.41) is 0. The topological polar surface area (TPSA) is 0 Å². The number of halogens is 3. The highest BCUT2D eigenvalue weighted by molar-refractivity contribution is 9.10. The molecule has 66 valence electrons. The second-order valence-electron chi connectivity index (χ2n) is 2.56. The first-order valence-electron chi connectivity index (χ1n) is 3.70. The summed E-state index contributed by atoms with van der Waals surface area (Å²) in [5.74, 6) is -2.69. The zero-order chi connectivity index (χ0) is 9.19. The van der Waals surface area contributed by atoms with Crippen LogP contribution in [0.25, 0.3) is 0 Å². The first-order chi connectivity index (χ1) is 5.56. The largest absolute Gasteiger partial charge is 0.273 e. The van der Waals surface area contributed by atoms with Crippen molar-refractivity contribution in [1.82, 2.24) is 0 Å². The van der Waals surface area contributed by atoms with E-state index in [4.69, 9.17) is 0 Å². The Morgan fingerprint density at radius 1 is 1.25 bits per heavy atom. The molecule has 0 spiro atoms. The van der Waals surface area contributed by atoms with Crippen molar-refractivity contribution in [3.05, 3.63) is 34.3 Å². The Labute approximate surface area is 78.7 Å². The monoisotopic (exact) mass is 234 g/mol. The molecule has 0 unspecified atom stereocenters.